The van der Waals surface area contributed by atoms with E-state index in [0.717, 1.165) is 6.54 Å². The minimum absolute atomic E-state index is 0.994. The zero-order chi connectivity index (χ0) is 9.26. The normalized spacial score (nSPS) is 14.1. The second kappa shape index (κ2) is 3.09. The lowest BCUT2D eigenvalue weighted by Gasteiger charge is -2.21. The molecule has 0 saturated carbocycles. The quantitative estimate of drug-likeness (QED) is 0.628. The first-order chi connectivity index (χ1) is 6.31. The zero-order valence-electron chi connectivity index (χ0n) is 7.83. The van der Waals surface area contributed by atoms with E-state index in [2.05, 4.69) is 49.0 Å². The van der Waals surface area contributed by atoms with Crippen LogP contribution in [0.25, 0.3) is 12.2 Å². The van der Waals surface area contributed by atoms with Gasteiger partial charge in [-0.25, -0.2) is 0 Å². The van der Waals surface area contributed by atoms with E-state index in [9.17, 15) is 0 Å². The molecule has 0 atom stereocenters. The molecule has 0 radical (unpaired) electrons. The highest BCUT2D eigenvalue weighted by atomic mass is 15.1. The Hall–Kier alpha value is -1.50. The SMILES string of the molecule is C=Cc1cccc2c1C=CN(C)C2. The van der Waals surface area contributed by atoms with Gasteiger partial charge in [-0.1, -0.05) is 30.9 Å². The van der Waals surface area contributed by atoms with Gasteiger partial charge in [-0.05, 0) is 29.0 Å². The lowest BCUT2D eigenvalue weighted by Crippen LogP contribution is -2.14. The predicted molar refractivity (Wildman–Crippen MR) is 57.0 cm³/mol. The van der Waals surface area contributed by atoms with Crippen molar-refractivity contribution in [3.63, 3.8) is 0 Å². The molecule has 2 rings (SSSR count). The van der Waals surface area contributed by atoms with E-state index < -0.39 is 0 Å². The molecule has 66 valence electrons. The van der Waals surface area contributed by atoms with Crippen LogP contribution in [0.1, 0.15) is 16.7 Å². The summed E-state index contributed by atoms with van der Waals surface area (Å²) in [7, 11) is 2.08. The Labute approximate surface area is 79.0 Å². The van der Waals surface area contributed by atoms with Gasteiger partial charge in [0.25, 0.3) is 0 Å². The van der Waals surface area contributed by atoms with E-state index in [1.807, 2.05) is 6.08 Å². The van der Waals surface area contributed by atoms with Crippen LogP contribution in [-0.2, 0) is 6.54 Å². The van der Waals surface area contributed by atoms with E-state index in [0.29, 0.717) is 0 Å². The molecule has 0 aromatic heterocycles. The molecule has 0 saturated heterocycles. The zero-order valence-corrected chi connectivity index (χ0v) is 7.83. The Kier molecular flexibility index (Phi) is 1.93. The van der Waals surface area contributed by atoms with Crippen LogP contribution in [0, 0.1) is 0 Å². The van der Waals surface area contributed by atoms with Crippen LogP contribution < -0.4 is 0 Å². The van der Waals surface area contributed by atoms with Crippen LogP contribution in [0.15, 0.2) is 31.0 Å². The minimum atomic E-state index is 0.994. The Morgan fingerprint density at radius 3 is 3.08 bits per heavy atom. The molecule has 0 amide bonds. The van der Waals surface area contributed by atoms with Crippen LogP contribution in [0.5, 0.6) is 0 Å². The molecular weight excluding hydrogens is 158 g/mol. The highest BCUT2D eigenvalue weighted by Gasteiger charge is 2.08. The number of fused-ring (bicyclic) bond motifs is 1. The summed E-state index contributed by atoms with van der Waals surface area (Å²) < 4.78 is 0. The van der Waals surface area contributed by atoms with Crippen molar-refractivity contribution in [2.75, 3.05) is 7.05 Å². The summed E-state index contributed by atoms with van der Waals surface area (Å²) in [6, 6.07) is 6.35. The Morgan fingerprint density at radius 2 is 2.31 bits per heavy atom. The van der Waals surface area contributed by atoms with Crippen molar-refractivity contribution in [3.8, 4) is 0 Å². The van der Waals surface area contributed by atoms with Crippen molar-refractivity contribution in [2.24, 2.45) is 0 Å². The monoisotopic (exact) mass is 171 g/mol. The summed E-state index contributed by atoms with van der Waals surface area (Å²) in [5, 5.41) is 0. The van der Waals surface area contributed by atoms with E-state index in [1.54, 1.807) is 0 Å². The van der Waals surface area contributed by atoms with Crippen LogP contribution in [0.2, 0.25) is 0 Å². The first-order valence-corrected chi connectivity index (χ1v) is 4.44. The molecule has 1 aromatic carbocycles. The molecule has 1 aliphatic heterocycles. The summed E-state index contributed by atoms with van der Waals surface area (Å²) in [6.07, 6.45) is 6.17. The second-order valence-corrected chi connectivity index (χ2v) is 3.36. The van der Waals surface area contributed by atoms with Gasteiger partial charge in [-0.2, -0.15) is 0 Å². The summed E-state index contributed by atoms with van der Waals surface area (Å²) in [4.78, 5) is 2.18. The summed E-state index contributed by atoms with van der Waals surface area (Å²) in [5.41, 5.74) is 3.92. The third kappa shape index (κ3) is 1.37. The molecule has 1 heteroatoms. The lowest BCUT2D eigenvalue weighted by molar-refractivity contribution is 0.448. The van der Waals surface area contributed by atoms with Crippen molar-refractivity contribution in [3.05, 3.63) is 47.7 Å². The molecule has 13 heavy (non-hydrogen) atoms. The van der Waals surface area contributed by atoms with E-state index in [1.165, 1.54) is 16.7 Å². The molecule has 0 spiro atoms. The van der Waals surface area contributed by atoms with Gasteiger partial charge in [0, 0.05) is 13.6 Å². The highest BCUT2D eigenvalue weighted by Crippen LogP contribution is 2.22. The van der Waals surface area contributed by atoms with Gasteiger partial charge in [0.2, 0.25) is 0 Å². The molecular formula is C12H13N. The van der Waals surface area contributed by atoms with Crippen molar-refractivity contribution < 1.29 is 0 Å². The van der Waals surface area contributed by atoms with Gasteiger partial charge in [0.05, 0.1) is 0 Å². The predicted octanol–water partition coefficient (Wildman–Crippen LogP) is 2.75. The van der Waals surface area contributed by atoms with Crippen molar-refractivity contribution in [2.45, 2.75) is 6.54 Å². The number of hydrogen-bond donors (Lipinski definition) is 0. The third-order valence-electron chi connectivity index (χ3n) is 2.37. The molecule has 1 aliphatic rings. The Morgan fingerprint density at radius 1 is 1.46 bits per heavy atom. The van der Waals surface area contributed by atoms with Crippen LogP contribution in [-0.4, -0.2) is 11.9 Å². The van der Waals surface area contributed by atoms with E-state index >= 15 is 0 Å². The summed E-state index contributed by atoms with van der Waals surface area (Å²) in [5.74, 6) is 0. The Balaban J connectivity index is 2.55. The average Bonchev–Trinajstić information content (AvgIpc) is 2.16. The fourth-order valence-corrected chi connectivity index (χ4v) is 1.68. The topological polar surface area (TPSA) is 3.24 Å². The van der Waals surface area contributed by atoms with Gasteiger partial charge in [-0.15, -0.1) is 0 Å². The number of nitrogens with zero attached hydrogens (tertiary/aromatic N) is 1. The number of hydrogen-bond acceptors (Lipinski definition) is 1. The molecule has 1 heterocycles. The average molecular weight is 171 g/mol. The van der Waals surface area contributed by atoms with Crippen molar-refractivity contribution >= 4 is 12.2 Å². The standard InChI is InChI=1S/C12H13N/c1-3-10-5-4-6-11-9-13(2)8-7-12(10)11/h3-8H,1,9H2,2H3. The van der Waals surface area contributed by atoms with Gasteiger partial charge in [-0.3, -0.25) is 0 Å². The molecule has 0 N–H and O–H groups in total. The van der Waals surface area contributed by atoms with E-state index in [-0.39, 0.29) is 0 Å². The fraction of sp³-hybridized carbons (Fsp3) is 0.167. The van der Waals surface area contributed by atoms with Gasteiger partial charge in [0.15, 0.2) is 0 Å². The van der Waals surface area contributed by atoms with Gasteiger partial charge < -0.3 is 4.90 Å². The fourth-order valence-electron chi connectivity index (χ4n) is 1.68. The molecule has 0 aliphatic carbocycles. The van der Waals surface area contributed by atoms with E-state index in [4.69, 9.17) is 0 Å². The minimum Gasteiger partial charge on any atom is -0.376 e. The maximum atomic E-state index is 3.81. The first-order valence-electron chi connectivity index (χ1n) is 4.44. The van der Waals surface area contributed by atoms with Gasteiger partial charge in [0.1, 0.15) is 0 Å². The summed E-state index contributed by atoms with van der Waals surface area (Å²) in [6.45, 7) is 4.80. The molecule has 1 nitrogen and oxygen atoms in total. The van der Waals surface area contributed by atoms with Crippen LogP contribution >= 0.6 is 0 Å². The molecule has 0 bridgehead atoms. The Bertz CT molecular complexity index is 363. The molecule has 0 unspecified atom stereocenters. The van der Waals surface area contributed by atoms with Crippen molar-refractivity contribution in [1.82, 2.24) is 4.90 Å². The summed E-state index contributed by atoms with van der Waals surface area (Å²) >= 11 is 0. The molecule has 1 aromatic rings. The van der Waals surface area contributed by atoms with Crippen molar-refractivity contribution in [1.29, 1.82) is 0 Å². The third-order valence-corrected chi connectivity index (χ3v) is 2.37. The van der Waals surface area contributed by atoms with Gasteiger partial charge >= 0.3 is 0 Å². The van der Waals surface area contributed by atoms with Crippen LogP contribution in [0.3, 0.4) is 0 Å². The number of rotatable bonds is 1. The molecule has 0 fully saturated rings. The largest absolute Gasteiger partial charge is 0.376 e. The first kappa shape index (κ1) is 8.11. The smallest absolute Gasteiger partial charge is 0.0426 e. The second-order valence-electron chi connectivity index (χ2n) is 3.36. The number of benzene rings is 1. The lowest BCUT2D eigenvalue weighted by atomic mass is 9.98. The maximum Gasteiger partial charge on any atom is 0.0426 e. The highest BCUT2D eigenvalue weighted by molar-refractivity contribution is 5.68. The van der Waals surface area contributed by atoms with Crippen LogP contribution in [0.4, 0.5) is 0 Å². The maximum absolute atomic E-state index is 3.81.